The molecule has 2 heteroatoms. The second-order valence-electron chi connectivity index (χ2n) is 3.88. The van der Waals surface area contributed by atoms with Crippen molar-refractivity contribution in [3.8, 4) is 0 Å². The first-order chi connectivity index (χ1) is 6.65. The van der Waals surface area contributed by atoms with Crippen molar-refractivity contribution in [2.75, 3.05) is 5.88 Å². The van der Waals surface area contributed by atoms with Crippen LogP contribution in [0.2, 0.25) is 0 Å². The van der Waals surface area contributed by atoms with Crippen LogP contribution in [0.15, 0.2) is 24.3 Å². The van der Waals surface area contributed by atoms with E-state index in [1.807, 2.05) is 12.1 Å². The Hall–Kier alpha value is -0.560. The molecule has 14 heavy (non-hydrogen) atoms. The van der Waals surface area contributed by atoms with E-state index in [1.54, 1.807) is 0 Å². The molecule has 0 radical (unpaired) electrons. The number of hydrogen-bond donors (Lipinski definition) is 0. The van der Waals surface area contributed by atoms with Crippen molar-refractivity contribution >= 4 is 11.6 Å². The van der Waals surface area contributed by atoms with E-state index >= 15 is 0 Å². The summed E-state index contributed by atoms with van der Waals surface area (Å²) >= 11 is 5.75. The zero-order valence-electron chi connectivity index (χ0n) is 8.63. The molecule has 0 heterocycles. The minimum Gasteiger partial charge on any atom is -0.207 e. The molecule has 0 spiro atoms. The number of alkyl halides is 1. The molecule has 1 aromatic rings. The summed E-state index contributed by atoms with van der Waals surface area (Å²) < 4.78 is 12.7. The molecule has 1 aromatic carbocycles. The molecule has 0 nitrogen and oxygen atoms in total. The van der Waals surface area contributed by atoms with E-state index in [0.29, 0.717) is 17.7 Å². The SMILES string of the molecule is CC(C)C(CCCl)c1ccc(F)cc1. The molecule has 1 atom stereocenters. The molecular weight excluding hydrogens is 199 g/mol. The Kier molecular flexibility index (Phi) is 4.40. The molecule has 1 rings (SSSR count). The molecule has 0 saturated heterocycles. The third kappa shape index (κ3) is 2.98. The van der Waals surface area contributed by atoms with Crippen LogP contribution in [-0.2, 0) is 0 Å². The predicted octanol–water partition coefficient (Wildman–Crippen LogP) is 4.19. The van der Waals surface area contributed by atoms with Crippen LogP contribution >= 0.6 is 11.6 Å². The Morgan fingerprint density at radius 1 is 1.21 bits per heavy atom. The first-order valence-electron chi connectivity index (χ1n) is 4.96. The second-order valence-corrected chi connectivity index (χ2v) is 4.26. The zero-order chi connectivity index (χ0) is 10.6. The fourth-order valence-electron chi connectivity index (χ4n) is 1.71. The van der Waals surface area contributed by atoms with Gasteiger partial charge >= 0.3 is 0 Å². The van der Waals surface area contributed by atoms with E-state index in [9.17, 15) is 4.39 Å². The third-order valence-corrected chi connectivity index (χ3v) is 2.74. The molecule has 0 aromatic heterocycles. The van der Waals surface area contributed by atoms with Gasteiger partial charge < -0.3 is 0 Å². The van der Waals surface area contributed by atoms with Crippen LogP contribution in [0.4, 0.5) is 4.39 Å². The molecule has 0 N–H and O–H groups in total. The van der Waals surface area contributed by atoms with E-state index in [1.165, 1.54) is 17.7 Å². The highest BCUT2D eigenvalue weighted by Gasteiger charge is 2.14. The lowest BCUT2D eigenvalue weighted by molar-refractivity contribution is 0.486. The second kappa shape index (κ2) is 5.35. The van der Waals surface area contributed by atoms with Gasteiger partial charge in [0, 0.05) is 5.88 Å². The summed E-state index contributed by atoms with van der Waals surface area (Å²) in [6.45, 7) is 4.33. The van der Waals surface area contributed by atoms with Gasteiger partial charge in [-0.1, -0.05) is 26.0 Å². The lowest BCUT2D eigenvalue weighted by atomic mass is 9.86. The molecule has 78 valence electrons. The van der Waals surface area contributed by atoms with Gasteiger partial charge in [-0.05, 0) is 36.0 Å². The van der Waals surface area contributed by atoms with Crippen molar-refractivity contribution in [1.29, 1.82) is 0 Å². The van der Waals surface area contributed by atoms with E-state index in [0.717, 1.165) is 6.42 Å². The normalized spacial score (nSPS) is 13.2. The van der Waals surface area contributed by atoms with Crippen molar-refractivity contribution in [3.63, 3.8) is 0 Å². The van der Waals surface area contributed by atoms with Gasteiger partial charge in [0.05, 0.1) is 0 Å². The standard InChI is InChI=1S/C12H16ClF/c1-9(2)12(7-8-13)10-3-5-11(14)6-4-10/h3-6,9,12H,7-8H2,1-2H3. The Balaban J connectivity index is 2.82. The maximum atomic E-state index is 12.7. The number of benzene rings is 1. The first-order valence-corrected chi connectivity index (χ1v) is 5.50. The van der Waals surface area contributed by atoms with Crippen LogP contribution in [0, 0.1) is 11.7 Å². The summed E-state index contributed by atoms with van der Waals surface area (Å²) in [6, 6.07) is 6.73. The van der Waals surface area contributed by atoms with Crippen LogP contribution in [0.5, 0.6) is 0 Å². The third-order valence-electron chi connectivity index (χ3n) is 2.52. The Labute approximate surface area is 90.1 Å². The number of halogens is 2. The summed E-state index contributed by atoms with van der Waals surface area (Å²) in [5, 5.41) is 0. The highest BCUT2D eigenvalue weighted by Crippen LogP contribution is 2.28. The van der Waals surface area contributed by atoms with Gasteiger partial charge in [-0.2, -0.15) is 0 Å². The monoisotopic (exact) mass is 214 g/mol. The van der Waals surface area contributed by atoms with Crippen LogP contribution in [0.3, 0.4) is 0 Å². The number of rotatable bonds is 4. The van der Waals surface area contributed by atoms with Crippen molar-refractivity contribution in [2.45, 2.75) is 26.2 Å². The van der Waals surface area contributed by atoms with E-state index in [-0.39, 0.29) is 5.82 Å². The lowest BCUT2D eigenvalue weighted by Gasteiger charge is -2.20. The number of hydrogen-bond acceptors (Lipinski definition) is 0. The first kappa shape index (κ1) is 11.5. The van der Waals surface area contributed by atoms with Crippen molar-refractivity contribution < 1.29 is 4.39 Å². The fourth-order valence-corrected chi connectivity index (χ4v) is 1.95. The molecule has 0 aliphatic carbocycles. The van der Waals surface area contributed by atoms with Gasteiger partial charge in [-0.15, -0.1) is 11.6 Å². The average molecular weight is 215 g/mol. The minimum absolute atomic E-state index is 0.179. The highest BCUT2D eigenvalue weighted by atomic mass is 35.5. The van der Waals surface area contributed by atoms with Crippen molar-refractivity contribution in [3.05, 3.63) is 35.6 Å². The van der Waals surface area contributed by atoms with Gasteiger partial charge in [-0.25, -0.2) is 4.39 Å². The van der Waals surface area contributed by atoms with Gasteiger partial charge in [0.25, 0.3) is 0 Å². The molecule has 0 amide bonds. The summed E-state index contributed by atoms with van der Waals surface area (Å²) in [5.74, 6) is 1.45. The summed E-state index contributed by atoms with van der Waals surface area (Å²) in [5.41, 5.74) is 1.18. The Morgan fingerprint density at radius 3 is 2.21 bits per heavy atom. The highest BCUT2D eigenvalue weighted by molar-refractivity contribution is 6.17. The van der Waals surface area contributed by atoms with Gasteiger partial charge in [0.15, 0.2) is 0 Å². The topological polar surface area (TPSA) is 0 Å². The van der Waals surface area contributed by atoms with Crippen molar-refractivity contribution in [2.24, 2.45) is 5.92 Å². The maximum absolute atomic E-state index is 12.7. The molecule has 1 unspecified atom stereocenters. The molecule has 0 fully saturated rings. The van der Waals surface area contributed by atoms with E-state index in [2.05, 4.69) is 13.8 Å². The largest absolute Gasteiger partial charge is 0.207 e. The summed E-state index contributed by atoms with van der Waals surface area (Å²) in [6.07, 6.45) is 0.949. The molecule has 0 aliphatic heterocycles. The Bertz CT molecular complexity index is 266. The van der Waals surface area contributed by atoms with Crippen LogP contribution in [0.1, 0.15) is 31.7 Å². The van der Waals surface area contributed by atoms with Crippen molar-refractivity contribution in [1.82, 2.24) is 0 Å². The average Bonchev–Trinajstić information content (AvgIpc) is 2.15. The molecule has 0 aliphatic rings. The summed E-state index contributed by atoms with van der Waals surface area (Å²) in [4.78, 5) is 0. The van der Waals surface area contributed by atoms with E-state index < -0.39 is 0 Å². The molecule has 0 bridgehead atoms. The minimum atomic E-state index is -0.179. The van der Waals surface area contributed by atoms with Gasteiger partial charge in [-0.3, -0.25) is 0 Å². The van der Waals surface area contributed by atoms with Gasteiger partial charge in [0.1, 0.15) is 5.82 Å². The van der Waals surface area contributed by atoms with Crippen LogP contribution in [0.25, 0.3) is 0 Å². The van der Waals surface area contributed by atoms with Crippen LogP contribution in [-0.4, -0.2) is 5.88 Å². The van der Waals surface area contributed by atoms with Gasteiger partial charge in [0.2, 0.25) is 0 Å². The van der Waals surface area contributed by atoms with E-state index in [4.69, 9.17) is 11.6 Å². The molecule has 0 saturated carbocycles. The smallest absolute Gasteiger partial charge is 0.123 e. The molecular formula is C12H16ClF. The van der Waals surface area contributed by atoms with Crippen LogP contribution < -0.4 is 0 Å². The fraction of sp³-hybridized carbons (Fsp3) is 0.500. The zero-order valence-corrected chi connectivity index (χ0v) is 9.39. The maximum Gasteiger partial charge on any atom is 0.123 e. The lowest BCUT2D eigenvalue weighted by Crippen LogP contribution is -2.07. The Morgan fingerprint density at radius 2 is 1.79 bits per heavy atom. The quantitative estimate of drug-likeness (QED) is 0.660. The summed E-state index contributed by atoms with van der Waals surface area (Å²) in [7, 11) is 0. The predicted molar refractivity (Wildman–Crippen MR) is 59.3 cm³/mol.